The summed E-state index contributed by atoms with van der Waals surface area (Å²) in [5.74, 6) is -3.88. The Balaban J connectivity index is 1.45. The van der Waals surface area contributed by atoms with Crippen LogP contribution in [0.1, 0.15) is 37.9 Å². The summed E-state index contributed by atoms with van der Waals surface area (Å²) >= 11 is 6.06. The topological polar surface area (TPSA) is 90.0 Å². The van der Waals surface area contributed by atoms with Crippen molar-refractivity contribution in [2.24, 2.45) is 11.8 Å². The highest BCUT2D eigenvalue weighted by atomic mass is 35.5. The molecule has 7 nitrogen and oxygen atoms in total. The van der Waals surface area contributed by atoms with E-state index in [-0.39, 0.29) is 17.7 Å². The van der Waals surface area contributed by atoms with Crippen molar-refractivity contribution in [3.8, 4) is 5.75 Å². The minimum absolute atomic E-state index is 0.00735. The molecule has 36 heavy (non-hydrogen) atoms. The first-order valence-corrected chi connectivity index (χ1v) is 11.8. The lowest BCUT2D eigenvalue weighted by molar-refractivity contribution is -0.145. The van der Waals surface area contributed by atoms with Crippen LogP contribution < -0.4 is 4.74 Å². The summed E-state index contributed by atoms with van der Waals surface area (Å²) in [6.45, 7) is 0.00735. The summed E-state index contributed by atoms with van der Waals surface area (Å²) in [6.07, 6.45) is -0.966. The van der Waals surface area contributed by atoms with E-state index in [4.69, 9.17) is 21.1 Å². The first-order chi connectivity index (χ1) is 17.4. The Morgan fingerprint density at radius 2 is 1.47 bits per heavy atom. The average Bonchev–Trinajstić information content (AvgIpc) is 3.46. The molecule has 3 aromatic carbocycles. The number of halogens is 1. The molecule has 6 rings (SSSR count). The second-order valence-electron chi connectivity index (χ2n) is 9.14. The fraction of sp³-hybridized carbons (Fsp3) is 0.214. The second-order valence-corrected chi connectivity index (χ2v) is 9.58. The molecule has 2 amide bonds. The van der Waals surface area contributed by atoms with Crippen molar-refractivity contribution < 1.29 is 28.7 Å². The van der Waals surface area contributed by atoms with Gasteiger partial charge in [-0.05, 0) is 35.4 Å². The number of amides is 2. The molecule has 0 unspecified atom stereocenters. The summed E-state index contributed by atoms with van der Waals surface area (Å²) < 4.78 is 11.4. The van der Waals surface area contributed by atoms with Crippen molar-refractivity contribution in [1.29, 1.82) is 0 Å². The molecule has 0 N–H and O–H groups in total. The third-order valence-corrected chi connectivity index (χ3v) is 7.56. The molecule has 0 radical (unpaired) electrons. The van der Waals surface area contributed by atoms with E-state index in [9.17, 15) is 19.2 Å². The number of hydrogen-bond donors (Lipinski definition) is 0. The number of methoxy groups -OCH3 is 1. The van der Waals surface area contributed by atoms with Crippen molar-refractivity contribution in [3.05, 3.63) is 100 Å². The van der Waals surface area contributed by atoms with Gasteiger partial charge in [0.1, 0.15) is 5.75 Å². The SMILES string of the molecule is COc1ccc(CN2C(=O)[C@@H]3[C@H](c4ccc(Cl)cc4)OC4(C(=O)c5ccccc5C4=O)[C@H]3C2=O)cc1. The van der Waals surface area contributed by atoms with Crippen LogP contribution in [0.5, 0.6) is 5.75 Å². The van der Waals surface area contributed by atoms with Gasteiger partial charge in [0.15, 0.2) is 0 Å². The molecule has 0 saturated carbocycles. The second kappa shape index (κ2) is 8.11. The van der Waals surface area contributed by atoms with Crippen LogP contribution in [0, 0.1) is 11.8 Å². The lowest BCUT2D eigenvalue weighted by Gasteiger charge is -2.27. The highest BCUT2D eigenvalue weighted by Gasteiger charge is 2.74. The molecule has 1 aliphatic carbocycles. The maximum absolute atomic E-state index is 13.8. The number of hydrogen-bond acceptors (Lipinski definition) is 6. The quantitative estimate of drug-likeness (QED) is 0.396. The monoisotopic (exact) mass is 501 g/mol. The number of fused-ring (bicyclic) bond motifs is 3. The number of likely N-dealkylation sites (tertiary alicyclic amines) is 1. The normalized spacial score (nSPS) is 23.9. The Morgan fingerprint density at radius 3 is 2.06 bits per heavy atom. The van der Waals surface area contributed by atoms with Crippen molar-refractivity contribution in [2.45, 2.75) is 18.2 Å². The minimum atomic E-state index is -2.08. The average molecular weight is 502 g/mol. The number of nitrogens with zero attached hydrogens (tertiary/aromatic N) is 1. The van der Waals surface area contributed by atoms with Crippen molar-refractivity contribution in [3.63, 3.8) is 0 Å². The maximum Gasteiger partial charge on any atom is 0.237 e. The molecule has 1 spiro atoms. The molecule has 180 valence electrons. The number of Topliss-reactive ketones (excluding diaryl/α,β-unsaturated/α-hetero) is 2. The van der Waals surface area contributed by atoms with Crippen LogP contribution in [-0.4, -0.2) is 41.0 Å². The minimum Gasteiger partial charge on any atom is -0.497 e. The van der Waals surface area contributed by atoms with Gasteiger partial charge in [-0.15, -0.1) is 0 Å². The van der Waals surface area contributed by atoms with Gasteiger partial charge >= 0.3 is 0 Å². The first kappa shape index (κ1) is 22.6. The molecule has 8 heteroatoms. The molecular weight excluding hydrogens is 482 g/mol. The van der Waals surface area contributed by atoms with E-state index in [0.29, 0.717) is 21.9 Å². The molecule has 3 aliphatic rings. The van der Waals surface area contributed by atoms with Gasteiger partial charge in [0.25, 0.3) is 0 Å². The molecule has 3 aromatic rings. The third-order valence-electron chi connectivity index (χ3n) is 7.31. The number of imide groups is 1. The van der Waals surface area contributed by atoms with E-state index in [1.807, 2.05) is 0 Å². The zero-order valence-electron chi connectivity index (χ0n) is 19.1. The fourth-order valence-corrected chi connectivity index (χ4v) is 5.73. The van der Waals surface area contributed by atoms with Gasteiger partial charge in [0.05, 0.1) is 31.6 Å². The van der Waals surface area contributed by atoms with Crippen LogP contribution >= 0.6 is 11.6 Å². The lowest BCUT2D eigenvalue weighted by atomic mass is 9.77. The van der Waals surface area contributed by atoms with Gasteiger partial charge in [-0.1, -0.05) is 60.1 Å². The van der Waals surface area contributed by atoms with Gasteiger partial charge in [-0.25, -0.2) is 0 Å². The Labute approximate surface area is 211 Å². The van der Waals surface area contributed by atoms with Gasteiger partial charge < -0.3 is 9.47 Å². The predicted octanol–water partition coefficient (Wildman–Crippen LogP) is 4.04. The molecule has 2 heterocycles. The third kappa shape index (κ3) is 3.03. The number of carbonyl (C=O) groups is 4. The Bertz CT molecular complexity index is 1400. The summed E-state index contributed by atoms with van der Waals surface area (Å²) in [5, 5.41) is 0.485. The molecule has 0 bridgehead atoms. The van der Waals surface area contributed by atoms with Crippen molar-refractivity contribution in [2.75, 3.05) is 7.11 Å². The predicted molar refractivity (Wildman–Crippen MR) is 129 cm³/mol. The van der Waals surface area contributed by atoms with E-state index in [0.717, 1.165) is 4.90 Å². The Kier molecular flexibility index (Phi) is 5.10. The van der Waals surface area contributed by atoms with Crippen molar-refractivity contribution >= 4 is 35.0 Å². The standard InChI is InChI=1S/C28H20ClNO6/c1-35-18-12-6-15(7-13-18)14-30-26(33)21-22(27(30)34)28(36-23(21)16-8-10-17(29)11-9-16)24(31)19-4-2-3-5-20(19)25(28)32/h2-13,21-23H,14H2,1H3/t21-,22+,23-/m0/s1. The molecular formula is C28H20ClNO6. The van der Waals surface area contributed by atoms with E-state index < -0.39 is 46.9 Å². The molecule has 2 aliphatic heterocycles. The lowest BCUT2D eigenvalue weighted by Crippen LogP contribution is -2.50. The Morgan fingerprint density at radius 1 is 0.861 bits per heavy atom. The molecule has 2 saturated heterocycles. The maximum atomic E-state index is 13.8. The number of carbonyl (C=O) groups excluding carboxylic acids is 4. The smallest absolute Gasteiger partial charge is 0.237 e. The van der Waals surface area contributed by atoms with Crippen LogP contribution in [-0.2, 0) is 20.9 Å². The number of benzene rings is 3. The van der Waals surface area contributed by atoms with Crippen LogP contribution in [0.25, 0.3) is 0 Å². The van der Waals surface area contributed by atoms with Gasteiger partial charge in [0, 0.05) is 16.1 Å². The van der Waals surface area contributed by atoms with Crippen LogP contribution in [0.2, 0.25) is 5.02 Å². The van der Waals surface area contributed by atoms with E-state index in [2.05, 4.69) is 0 Å². The van der Waals surface area contributed by atoms with Gasteiger partial charge in [-0.2, -0.15) is 0 Å². The Hall–Kier alpha value is -3.81. The molecule has 2 fully saturated rings. The summed E-state index contributed by atoms with van der Waals surface area (Å²) in [4.78, 5) is 56.2. The summed E-state index contributed by atoms with van der Waals surface area (Å²) in [7, 11) is 1.55. The highest BCUT2D eigenvalue weighted by molar-refractivity contribution is 6.35. The fourth-order valence-electron chi connectivity index (χ4n) is 5.60. The van der Waals surface area contributed by atoms with Crippen LogP contribution in [0.15, 0.2) is 72.8 Å². The van der Waals surface area contributed by atoms with E-state index >= 15 is 0 Å². The number of ketones is 2. The van der Waals surface area contributed by atoms with Crippen LogP contribution in [0.4, 0.5) is 0 Å². The molecule has 0 aromatic heterocycles. The van der Waals surface area contributed by atoms with Gasteiger partial charge in [0.2, 0.25) is 29.0 Å². The molecule has 3 atom stereocenters. The van der Waals surface area contributed by atoms with Gasteiger partial charge in [-0.3, -0.25) is 24.1 Å². The van der Waals surface area contributed by atoms with Crippen LogP contribution in [0.3, 0.4) is 0 Å². The van der Waals surface area contributed by atoms with Crippen molar-refractivity contribution in [1.82, 2.24) is 4.90 Å². The summed E-state index contributed by atoms with van der Waals surface area (Å²) in [6, 6.07) is 20.1. The first-order valence-electron chi connectivity index (χ1n) is 11.5. The van der Waals surface area contributed by atoms with E-state index in [1.165, 1.54) is 0 Å². The van der Waals surface area contributed by atoms with E-state index in [1.54, 1.807) is 79.9 Å². The number of rotatable bonds is 4. The zero-order chi connectivity index (χ0) is 25.2. The summed E-state index contributed by atoms with van der Waals surface area (Å²) in [5.41, 5.74) is -0.406. The number of ether oxygens (including phenoxy) is 2. The highest BCUT2D eigenvalue weighted by Crippen LogP contribution is 2.57. The largest absolute Gasteiger partial charge is 0.497 e. The zero-order valence-corrected chi connectivity index (χ0v) is 19.9.